The zero-order valence-corrected chi connectivity index (χ0v) is 11.7. The summed E-state index contributed by atoms with van der Waals surface area (Å²) in [5, 5.41) is 10.8. The molecule has 0 aliphatic rings. The number of benzene rings is 1. The van der Waals surface area contributed by atoms with Gasteiger partial charge in [0.05, 0.1) is 17.4 Å². The molecule has 2 aromatic rings. The van der Waals surface area contributed by atoms with Crippen molar-refractivity contribution < 1.29 is 8.42 Å². The normalized spacial score (nSPS) is 11.1. The third-order valence-corrected chi connectivity index (χ3v) is 4.68. The molecule has 0 radical (unpaired) electrons. The van der Waals surface area contributed by atoms with E-state index in [-0.39, 0.29) is 12.3 Å². The lowest BCUT2D eigenvalue weighted by molar-refractivity contribution is 0.581. The first-order valence-corrected chi connectivity index (χ1v) is 8.11. The Hall–Kier alpha value is -1.68. The molecule has 0 aliphatic heterocycles. The van der Waals surface area contributed by atoms with Crippen molar-refractivity contribution in [1.29, 1.82) is 5.26 Å². The van der Waals surface area contributed by atoms with Crippen LogP contribution in [0.3, 0.4) is 0 Å². The van der Waals surface area contributed by atoms with E-state index < -0.39 is 10.0 Å². The summed E-state index contributed by atoms with van der Waals surface area (Å²) in [6.07, 6.45) is 0. The van der Waals surface area contributed by atoms with Crippen molar-refractivity contribution in [3.05, 3.63) is 57.8 Å². The Bertz CT molecular complexity index is 686. The van der Waals surface area contributed by atoms with Gasteiger partial charge in [-0.2, -0.15) is 5.26 Å². The van der Waals surface area contributed by atoms with E-state index in [4.69, 9.17) is 5.26 Å². The molecule has 0 fully saturated rings. The second-order valence-corrected chi connectivity index (χ2v) is 6.77. The minimum absolute atomic E-state index is 0.178. The number of rotatable bonds is 5. The zero-order chi connectivity index (χ0) is 13.7. The van der Waals surface area contributed by atoms with Gasteiger partial charge in [-0.15, -0.1) is 11.3 Å². The SMILES string of the molecule is N#Cc1ccccc1CS(=O)(=O)NCc1cccs1. The highest BCUT2D eigenvalue weighted by Crippen LogP contribution is 2.12. The predicted molar refractivity (Wildman–Crippen MR) is 74.9 cm³/mol. The fourth-order valence-corrected chi connectivity index (χ4v) is 3.48. The van der Waals surface area contributed by atoms with Crippen LogP contribution in [0.15, 0.2) is 41.8 Å². The van der Waals surface area contributed by atoms with Crippen LogP contribution in [0.1, 0.15) is 16.0 Å². The molecule has 4 nitrogen and oxygen atoms in total. The van der Waals surface area contributed by atoms with E-state index in [1.165, 1.54) is 11.3 Å². The van der Waals surface area contributed by atoms with E-state index in [2.05, 4.69) is 4.72 Å². The zero-order valence-electron chi connectivity index (χ0n) is 10.0. The maximum atomic E-state index is 11.9. The first kappa shape index (κ1) is 13.7. The van der Waals surface area contributed by atoms with Gasteiger partial charge in [-0.25, -0.2) is 13.1 Å². The molecule has 1 heterocycles. The van der Waals surface area contributed by atoms with Crippen molar-refractivity contribution in [2.24, 2.45) is 0 Å². The summed E-state index contributed by atoms with van der Waals surface area (Å²) >= 11 is 1.50. The third kappa shape index (κ3) is 3.89. The maximum Gasteiger partial charge on any atom is 0.216 e. The number of hydrogen-bond donors (Lipinski definition) is 1. The lowest BCUT2D eigenvalue weighted by atomic mass is 10.1. The summed E-state index contributed by atoms with van der Waals surface area (Å²) in [4.78, 5) is 0.956. The van der Waals surface area contributed by atoms with Gasteiger partial charge >= 0.3 is 0 Å². The molecule has 0 spiro atoms. The Morgan fingerprint density at radius 2 is 2.00 bits per heavy atom. The van der Waals surface area contributed by atoms with E-state index in [1.54, 1.807) is 24.3 Å². The van der Waals surface area contributed by atoms with Gasteiger partial charge in [0.2, 0.25) is 10.0 Å². The molecular weight excluding hydrogens is 280 g/mol. The smallest absolute Gasteiger partial charge is 0.212 e. The van der Waals surface area contributed by atoms with Gasteiger partial charge in [0.15, 0.2) is 0 Å². The average molecular weight is 292 g/mol. The fraction of sp³-hybridized carbons (Fsp3) is 0.154. The fourth-order valence-electron chi connectivity index (χ4n) is 1.61. The van der Waals surface area contributed by atoms with Crippen molar-refractivity contribution in [3.63, 3.8) is 0 Å². The van der Waals surface area contributed by atoms with Gasteiger partial charge in [0.1, 0.15) is 0 Å². The number of sulfonamides is 1. The van der Waals surface area contributed by atoms with E-state index >= 15 is 0 Å². The number of nitriles is 1. The molecule has 0 amide bonds. The maximum absolute atomic E-state index is 11.9. The lowest BCUT2D eigenvalue weighted by Gasteiger charge is -2.07. The van der Waals surface area contributed by atoms with E-state index in [0.29, 0.717) is 11.1 Å². The molecule has 0 atom stereocenters. The van der Waals surface area contributed by atoms with E-state index in [0.717, 1.165) is 4.88 Å². The van der Waals surface area contributed by atoms with Crippen molar-refractivity contribution in [3.8, 4) is 6.07 Å². The van der Waals surface area contributed by atoms with Gasteiger partial charge in [-0.05, 0) is 23.1 Å². The van der Waals surface area contributed by atoms with Crippen molar-refractivity contribution in [2.45, 2.75) is 12.3 Å². The first-order chi connectivity index (χ1) is 9.11. The Balaban J connectivity index is 2.07. The lowest BCUT2D eigenvalue weighted by Crippen LogP contribution is -2.24. The molecule has 1 N–H and O–H groups in total. The second-order valence-electron chi connectivity index (χ2n) is 3.93. The van der Waals surface area contributed by atoms with Crippen LogP contribution < -0.4 is 4.72 Å². The molecule has 0 aliphatic carbocycles. The van der Waals surface area contributed by atoms with Crippen LogP contribution in [0, 0.1) is 11.3 Å². The topological polar surface area (TPSA) is 70.0 Å². The highest BCUT2D eigenvalue weighted by atomic mass is 32.2. The molecule has 19 heavy (non-hydrogen) atoms. The van der Waals surface area contributed by atoms with Gasteiger partial charge in [0, 0.05) is 11.4 Å². The van der Waals surface area contributed by atoms with Gasteiger partial charge in [-0.3, -0.25) is 0 Å². The Kier molecular flexibility index (Phi) is 4.32. The Labute approximate surface area is 116 Å². The number of nitrogens with zero attached hydrogens (tertiary/aromatic N) is 1. The molecule has 2 rings (SSSR count). The average Bonchev–Trinajstić information content (AvgIpc) is 2.90. The van der Waals surface area contributed by atoms with Gasteiger partial charge in [-0.1, -0.05) is 24.3 Å². The second kappa shape index (κ2) is 5.97. The quantitative estimate of drug-likeness (QED) is 0.918. The molecular formula is C13H12N2O2S2. The molecule has 0 unspecified atom stereocenters. The minimum atomic E-state index is -3.44. The monoisotopic (exact) mass is 292 g/mol. The third-order valence-electron chi connectivity index (χ3n) is 2.53. The summed E-state index contributed by atoms with van der Waals surface area (Å²) in [6, 6.07) is 12.5. The molecule has 0 saturated carbocycles. The Morgan fingerprint density at radius 3 is 2.68 bits per heavy atom. The minimum Gasteiger partial charge on any atom is -0.212 e. The summed E-state index contributed by atoms with van der Waals surface area (Å²) < 4.78 is 26.4. The predicted octanol–water partition coefficient (Wildman–Crippen LogP) is 2.24. The summed E-state index contributed by atoms with van der Waals surface area (Å²) in [5.74, 6) is -0.178. The van der Waals surface area contributed by atoms with Gasteiger partial charge < -0.3 is 0 Å². The molecule has 1 aromatic carbocycles. The van der Waals surface area contributed by atoms with Gasteiger partial charge in [0.25, 0.3) is 0 Å². The molecule has 6 heteroatoms. The molecule has 0 bridgehead atoms. The van der Waals surface area contributed by atoms with Crippen molar-refractivity contribution in [2.75, 3.05) is 0 Å². The molecule has 0 saturated heterocycles. The van der Waals surface area contributed by atoms with Crippen LogP contribution in [0.5, 0.6) is 0 Å². The number of hydrogen-bond acceptors (Lipinski definition) is 4. The number of nitrogens with one attached hydrogen (secondary N) is 1. The first-order valence-electron chi connectivity index (χ1n) is 5.58. The highest BCUT2D eigenvalue weighted by molar-refractivity contribution is 7.88. The molecule has 98 valence electrons. The highest BCUT2D eigenvalue weighted by Gasteiger charge is 2.14. The van der Waals surface area contributed by atoms with E-state index in [1.807, 2.05) is 23.6 Å². The van der Waals surface area contributed by atoms with Crippen LogP contribution in [0.2, 0.25) is 0 Å². The number of thiophene rings is 1. The van der Waals surface area contributed by atoms with Crippen LogP contribution in [0.25, 0.3) is 0 Å². The van der Waals surface area contributed by atoms with E-state index in [9.17, 15) is 8.42 Å². The van der Waals surface area contributed by atoms with Crippen LogP contribution in [0.4, 0.5) is 0 Å². The van der Waals surface area contributed by atoms with Crippen molar-refractivity contribution >= 4 is 21.4 Å². The standard InChI is InChI=1S/C13H12N2O2S2/c14-8-11-4-1-2-5-12(11)10-19(16,17)15-9-13-6-3-7-18-13/h1-7,15H,9-10H2. The molecule has 1 aromatic heterocycles. The Morgan fingerprint density at radius 1 is 1.21 bits per heavy atom. The van der Waals surface area contributed by atoms with Crippen LogP contribution in [-0.4, -0.2) is 8.42 Å². The summed E-state index contributed by atoms with van der Waals surface area (Å²) in [5.41, 5.74) is 0.910. The largest absolute Gasteiger partial charge is 0.216 e. The van der Waals surface area contributed by atoms with Crippen molar-refractivity contribution in [1.82, 2.24) is 4.72 Å². The summed E-state index contributed by atoms with van der Waals surface area (Å²) in [7, 11) is -3.44. The summed E-state index contributed by atoms with van der Waals surface area (Å²) in [6.45, 7) is 0.286. The van der Waals surface area contributed by atoms with Crippen LogP contribution >= 0.6 is 11.3 Å². The van der Waals surface area contributed by atoms with Crippen LogP contribution in [-0.2, 0) is 22.3 Å².